The van der Waals surface area contributed by atoms with E-state index in [1.165, 1.54) is 6.42 Å². The van der Waals surface area contributed by atoms with Gasteiger partial charge >= 0.3 is 6.03 Å². The van der Waals surface area contributed by atoms with E-state index in [1.807, 2.05) is 29.4 Å². The number of aryl methyl sites for hydroxylation is 1. The van der Waals surface area contributed by atoms with E-state index >= 15 is 0 Å². The SMILES string of the molecule is C[C@H]1CCCN(C(=O)NCCCn2cnc3ccccc32)C1. The van der Waals surface area contributed by atoms with Gasteiger partial charge in [0.25, 0.3) is 0 Å². The number of rotatable bonds is 4. The zero-order valence-corrected chi connectivity index (χ0v) is 13.2. The first-order valence-electron chi connectivity index (χ1n) is 8.16. The quantitative estimate of drug-likeness (QED) is 0.883. The molecule has 2 heterocycles. The summed E-state index contributed by atoms with van der Waals surface area (Å²) >= 11 is 0. The summed E-state index contributed by atoms with van der Waals surface area (Å²) in [5, 5.41) is 3.04. The fourth-order valence-corrected chi connectivity index (χ4v) is 3.12. The first kappa shape index (κ1) is 14.9. The molecule has 1 aliphatic rings. The number of hydrogen-bond donors (Lipinski definition) is 1. The van der Waals surface area contributed by atoms with Crippen LogP contribution in [0.15, 0.2) is 30.6 Å². The number of likely N-dealkylation sites (tertiary alicyclic amines) is 1. The molecule has 2 aromatic rings. The summed E-state index contributed by atoms with van der Waals surface area (Å²) in [6, 6.07) is 8.21. The Balaban J connectivity index is 1.44. The number of piperidine rings is 1. The van der Waals surface area contributed by atoms with Gasteiger partial charge in [0.1, 0.15) is 0 Å². The van der Waals surface area contributed by atoms with Crippen LogP contribution in [-0.4, -0.2) is 40.1 Å². The van der Waals surface area contributed by atoms with Gasteiger partial charge in [-0.05, 0) is 37.3 Å². The summed E-state index contributed by atoms with van der Waals surface area (Å²) in [6.07, 6.45) is 5.14. The van der Waals surface area contributed by atoms with Crippen LogP contribution in [0.2, 0.25) is 0 Å². The third-order valence-electron chi connectivity index (χ3n) is 4.32. The van der Waals surface area contributed by atoms with Crippen LogP contribution in [0.3, 0.4) is 0 Å². The third kappa shape index (κ3) is 3.40. The Morgan fingerprint density at radius 1 is 1.41 bits per heavy atom. The highest BCUT2D eigenvalue weighted by atomic mass is 16.2. The van der Waals surface area contributed by atoms with Gasteiger partial charge in [-0.15, -0.1) is 0 Å². The lowest BCUT2D eigenvalue weighted by molar-refractivity contribution is 0.169. The van der Waals surface area contributed by atoms with E-state index in [0.717, 1.165) is 43.5 Å². The first-order valence-corrected chi connectivity index (χ1v) is 8.16. The molecule has 5 nitrogen and oxygen atoms in total. The fourth-order valence-electron chi connectivity index (χ4n) is 3.12. The molecule has 0 saturated carbocycles. The highest BCUT2D eigenvalue weighted by Crippen LogP contribution is 2.15. The monoisotopic (exact) mass is 300 g/mol. The molecular weight excluding hydrogens is 276 g/mol. The Morgan fingerprint density at radius 3 is 3.14 bits per heavy atom. The first-order chi connectivity index (χ1) is 10.7. The Bertz CT molecular complexity index is 636. The van der Waals surface area contributed by atoms with E-state index < -0.39 is 0 Å². The van der Waals surface area contributed by atoms with Crippen molar-refractivity contribution in [3.63, 3.8) is 0 Å². The van der Waals surface area contributed by atoms with Gasteiger partial charge in [0.2, 0.25) is 0 Å². The van der Waals surface area contributed by atoms with E-state index in [4.69, 9.17) is 0 Å². The zero-order chi connectivity index (χ0) is 15.4. The van der Waals surface area contributed by atoms with Gasteiger partial charge in [-0.3, -0.25) is 0 Å². The highest BCUT2D eigenvalue weighted by Gasteiger charge is 2.20. The molecule has 3 rings (SSSR count). The largest absolute Gasteiger partial charge is 0.338 e. The van der Waals surface area contributed by atoms with Gasteiger partial charge in [-0.1, -0.05) is 19.1 Å². The standard InChI is InChI=1S/C17H24N4O/c1-14-6-4-10-20(12-14)17(22)18-9-5-11-21-13-19-15-7-2-3-8-16(15)21/h2-3,7-8,13-14H,4-6,9-12H2,1H3,(H,18,22)/t14-/m0/s1. The lowest BCUT2D eigenvalue weighted by atomic mass is 10.0. The molecule has 1 N–H and O–H groups in total. The number of para-hydroxylation sites is 2. The lowest BCUT2D eigenvalue weighted by Gasteiger charge is -2.30. The molecule has 0 unspecified atom stereocenters. The lowest BCUT2D eigenvalue weighted by Crippen LogP contribution is -2.45. The van der Waals surface area contributed by atoms with Crippen LogP contribution in [0.25, 0.3) is 11.0 Å². The van der Waals surface area contributed by atoms with Crippen LogP contribution < -0.4 is 5.32 Å². The molecule has 1 aromatic carbocycles. The van der Waals surface area contributed by atoms with Gasteiger partial charge in [0.15, 0.2) is 0 Å². The molecule has 0 bridgehead atoms. The number of nitrogens with one attached hydrogen (secondary N) is 1. The molecule has 1 aromatic heterocycles. The van der Waals surface area contributed by atoms with Gasteiger partial charge in [0, 0.05) is 26.2 Å². The fraction of sp³-hybridized carbons (Fsp3) is 0.529. The highest BCUT2D eigenvalue weighted by molar-refractivity contribution is 5.75. The third-order valence-corrected chi connectivity index (χ3v) is 4.32. The maximum absolute atomic E-state index is 12.1. The number of aromatic nitrogens is 2. The number of imidazole rings is 1. The number of benzene rings is 1. The van der Waals surface area contributed by atoms with Crippen molar-refractivity contribution in [1.82, 2.24) is 19.8 Å². The normalized spacial score (nSPS) is 18.6. The molecule has 0 spiro atoms. The molecule has 1 saturated heterocycles. The van der Waals surface area contributed by atoms with Crippen LogP contribution in [0, 0.1) is 5.92 Å². The van der Waals surface area contributed by atoms with Crippen molar-refractivity contribution in [1.29, 1.82) is 0 Å². The molecule has 5 heteroatoms. The minimum absolute atomic E-state index is 0.0852. The van der Waals surface area contributed by atoms with Crippen molar-refractivity contribution >= 4 is 17.1 Å². The zero-order valence-electron chi connectivity index (χ0n) is 13.2. The Kier molecular flexibility index (Phi) is 4.61. The van der Waals surface area contributed by atoms with Crippen molar-refractivity contribution in [3.05, 3.63) is 30.6 Å². The maximum Gasteiger partial charge on any atom is 0.317 e. The molecule has 22 heavy (non-hydrogen) atoms. The predicted octanol–water partition coefficient (Wildman–Crippen LogP) is 2.87. The van der Waals surface area contributed by atoms with Crippen molar-refractivity contribution in [2.24, 2.45) is 5.92 Å². The van der Waals surface area contributed by atoms with Crippen molar-refractivity contribution in [2.75, 3.05) is 19.6 Å². The molecule has 2 amide bonds. The summed E-state index contributed by atoms with van der Waals surface area (Å²) in [5.41, 5.74) is 2.17. The van der Waals surface area contributed by atoms with Gasteiger partial charge in [-0.2, -0.15) is 0 Å². The second-order valence-electron chi connectivity index (χ2n) is 6.21. The summed E-state index contributed by atoms with van der Waals surface area (Å²) in [5.74, 6) is 0.622. The average molecular weight is 300 g/mol. The number of fused-ring (bicyclic) bond motifs is 1. The predicted molar refractivity (Wildman–Crippen MR) is 87.7 cm³/mol. The summed E-state index contributed by atoms with van der Waals surface area (Å²) in [7, 11) is 0. The molecule has 0 aliphatic carbocycles. The number of carbonyl (C=O) groups is 1. The summed E-state index contributed by atoms with van der Waals surface area (Å²) in [4.78, 5) is 18.4. The van der Waals surface area contributed by atoms with Gasteiger partial charge in [-0.25, -0.2) is 9.78 Å². The van der Waals surface area contributed by atoms with Crippen molar-refractivity contribution < 1.29 is 4.79 Å². The van der Waals surface area contributed by atoms with Crippen LogP contribution in [0.1, 0.15) is 26.2 Å². The van der Waals surface area contributed by atoms with Gasteiger partial charge in [0.05, 0.1) is 17.4 Å². The number of urea groups is 1. The van der Waals surface area contributed by atoms with E-state index in [-0.39, 0.29) is 6.03 Å². The second-order valence-corrected chi connectivity index (χ2v) is 6.21. The van der Waals surface area contributed by atoms with E-state index in [2.05, 4.69) is 27.9 Å². The molecule has 0 radical (unpaired) electrons. The topological polar surface area (TPSA) is 50.2 Å². The van der Waals surface area contributed by atoms with Crippen molar-refractivity contribution in [3.8, 4) is 0 Å². The van der Waals surface area contributed by atoms with Gasteiger partial charge < -0.3 is 14.8 Å². The second kappa shape index (κ2) is 6.81. The number of hydrogen-bond acceptors (Lipinski definition) is 2. The van der Waals surface area contributed by atoms with Crippen LogP contribution in [0.5, 0.6) is 0 Å². The smallest absolute Gasteiger partial charge is 0.317 e. The number of amides is 2. The van der Waals surface area contributed by atoms with Crippen LogP contribution in [-0.2, 0) is 6.54 Å². The van der Waals surface area contributed by atoms with Crippen LogP contribution >= 0.6 is 0 Å². The van der Waals surface area contributed by atoms with E-state index in [0.29, 0.717) is 12.5 Å². The Morgan fingerprint density at radius 2 is 2.27 bits per heavy atom. The Hall–Kier alpha value is -2.04. The van der Waals surface area contributed by atoms with Crippen molar-refractivity contribution in [2.45, 2.75) is 32.7 Å². The molecule has 1 fully saturated rings. The van der Waals surface area contributed by atoms with E-state index in [1.54, 1.807) is 0 Å². The Labute approximate surface area is 131 Å². The number of carbonyl (C=O) groups excluding carboxylic acids is 1. The minimum atomic E-state index is 0.0852. The maximum atomic E-state index is 12.1. The summed E-state index contributed by atoms with van der Waals surface area (Å²) < 4.78 is 2.14. The average Bonchev–Trinajstić information content (AvgIpc) is 2.95. The summed E-state index contributed by atoms with van der Waals surface area (Å²) in [6.45, 7) is 5.57. The van der Waals surface area contributed by atoms with E-state index in [9.17, 15) is 4.79 Å². The molecular formula is C17H24N4O. The minimum Gasteiger partial charge on any atom is -0.338 e. The number of nitrogens with zero attached hydrogens (tertiary/aromatic N) is 3. The molecule has 1 aliphatic heterocycles. The van der Waals surface area contributed by atoms with Crippen LogP contribution in [0.4, 0.5) is 4.79 Å². The molecule has 1 atom stereocenters. The molecule has 118 valence electrons.